The van der Waals surface area contributed by atoms with Crippen LogP contribution in [-0.4, -0.2) is 61.0 Å². The van der Waals surface area contributed by atoms with Gasteiger partial charge in [-0.05, 0) is 30.3 Å². The number of methoxy groups -OCH3 is 2. The average Bonchev–Trinajstić information content (AvgIpc) is 2.85. The number of benzene rings is 2. The van der Waals surface area contributed by atoms with Gasteiger partial charge >= 0.3 is 0 Å². The van der Waals surface area contributed by atoms with Gasteiger partial charge in [-0.15, -0.1) is 0 Å². The largest absolute Gasteiger partial charge is 0.496 e. The lowest BCUT2D eigenvalue weighted by Gasteiger charge is -2.36. The summed E-state index contributed by atoms with van der Waals surface area (Å²) in [6.45, 7) is 2.18. The number of ether oxygens (including phenoxy) is 2. The maximum absolute atomic E-state index is 13.5. The van der Waals surface area contributed by atoms with Crippen molar-refractivity contribution in [3.63, 3.8) is 0 Å². The van der Waals surface area contributed by atoms with E-state index in [2.05, 4.69) is 10.00 Å². The first-order valence-electron chi connectivity index (χ1n) is 10.6. The van der Waals surface area contributed by atoms with Gasteiger partial charge in [0.1, 0.15) is 23.9 Å². The second kappa shape index (κ2) is 9.72. The molecule has 33 heavy (non-hydrogen) atoms. The van der Waals surface area contributed by atoms with Crippen molar-refractivity contribution in [2.45, 2.75) is 6.54 Å². The second-order valence-corrected chi connectivity index (χ2v) is 7.60. The molecule has 1 aromatic heterocycles. The fourth-order valence-electron chi connectivity index (χ4n) is 3.90. The zero-order valence-electron chi connectivity index (χ0n) is 18.5. The number of aromatic nitrogens is 2. The van der Waals surface area contributed by atoms with Gasteiger partial charge in [-0.25, -0.2) is 9.07 Å². The molecule has 2 aromatic carbocycles. The van der Waals surface area contributed by atoms with Crippen LogP contribution in [0.15, 0.2) is 59.4 Å². The van der Waals surface area contributed by atoms with Gasteiger partial charge < -0.3 is 19.3 Å². The van der Waals surface area contributed by atoms with Crippen LogP contribution in [0.1, 0.15) is 0 Å². The third-order valence-corrected chi connectivity index (χ3v) is 5.65. The van der Waals surface area contributed by atoms with Crippen molar-refractivity contribution in [2.24, 2.45) is 0 Å². The minimum atomic E-state index is -0.439. The molecular formula is C24H25FN4O4. The topological polar surface area (TPSA) is 76.9 Å². The molecule has 1 fully saturated rings. The molecule has 3 aromatic rings. The highest BCUT2D eigenvalue weighted by atomic mass is 19.1. The smallest absolute Gasteiger partial charge is 0.267 e. The third-order valence-electron chi connectivity index (χ3n) is 5.65. The van der Waals surface area contributed by atoms with Crippen LogP contribution in [0.4, 0.5) is 10.1 Å². The SMILES string of the molecule is COc1cc(F)ccc1-c1ccc(=O)n(CC(=O)N2CCN(c3ccccc3OC)CC2)n1. The van der Waals surface area contributed by atoms with Crippen LogP contribution in [0.3, 0.4) is 0 Å². The number of amides is 1. The van der Waals surface area contributed by atoms with Crippen molar-refractivity contribution in [2.75, 3.05) is 45.3 Å². The van der Waals surface area contributed by atoms with E-state index in [1.807, 2.05) is 24.3 Å². The summed E-state index contributed by atoms with van der Waals surface area (Å²) in [5, 5.41) is 4.33. The molecule has 1 aliphatic rings. The van der Waals surface area contributed by atoms with Crippen molar-refractivity contribution in [1.82, 2.24) is 14.7 Å². The highest BCUT2D eigenvalue weighted by molar-refractivity contribution is 5.76. The zero-order chi connectivity index (χ0) is 23.4. The van der Waals surface area contributed by atoms with E-state index < -0.39 is 5.82 Å². The van der Waals surface area contributed by atoms with E-state index >= 15 is 0 Å². The Morgan fingerprint density at radius 2 is 1.70 bits per heavy atom. The Bertz CT molecular complexity index is 1210. The average molecular weight is 452 g/mol. The Hall–Kier alpha value is -3.88. The summed E-state index contributed by atoms with van der Waals surface area (Å²) in [5.74, 6) is 0.464. The van der Waals surface area contributed by atoms with Gasteiger partial charge in [-0.3, -0.25) is 9.59 Å². The molecule has 0 radical (unpaired) electrons. The summed E-state index contributed by atoms with van der Waals surface area (Å²) >= 11 is 0. The van der Waals surface area contributed by atoms with Crippen LogP contribution in [0.5, 0.6) is 11.5 Å². The molecule has 0 saturated carbocycles. The summed E-state index contributed by atoms with van der Waals surface area (Å²) in [5.41, 5.74) is 1.55. The highest BCUT2D eigenvalue weighted by Gasteiger charge is 2.23. The summed E-state index contributed by atoms with van der Waals surface area (Å²) in [4.78, 5) is 29.2. The van der Waals surface area contributed by atoms with Crippen LogP contribution in [0.25, 0.3) is 11.3 Å². The molecule has 1 amide bonds. The number of piperazine rings is 1. The normalized spacial score (nSPS) is 13.7. The number of hydrogen-bond donors (Lipinski definition) is 0. The van der Waals surface area contributed by atoms with Gasteiger partial charge in [0.25, 0.3) is 5.56 Å². The molecule has 2 heterocycles. The number of halogens is 1. The lowest BCUT2D eigenvalue weighted by atomic mass is 10.1. The lowest BCUT2D eigenvalue weighted by molar-refractivity contribution is -0.132. The highest BCUT2D eigenvalue weighted by Crippen LogP contribution is 2.29. The van der Waals surface area contributed by atoms with Crippen LogP contribution in [0, 0.1) is 5.82 Å². The molecule has 9 heteroatoms. The number of carbonyl (C=O) groups is 1. The lowest BCUT2D eigenvalue weighted by Crippen LogP contribution is -2.50. The van der Waals surface area contributed by atoms with Gasteiger partial charge in [-0.2, -0.15) is 5.10 Å². The number of nitrogens with zero attached hydrogens (tertiary/aromatic N) is 4. The van der Waals surface area contributed by atoms with Gasteiger partial charge in [0.05, 0.1) is 25.6 Å². The number of anilines is 1. The van der Waals surface area contributed by atoms with E-state index in [1.165, 1.54) is 37.4 Å². The quantitative estimate of drug-likeness (QED) is 0.572. The predicted molar refractivity (Wildman–Crippen MR) is 122 cm³/mol. The number of hydrogen-bond acceptors (Lipinski definition) is 6. The van der Waals surface area contributed by atoms with Gasteiger partial charge in [-0.1, -0.05) is 12.1 Å². The molecule has 172 valence electrons. The maximum Gasteiger partial charge on any atom is 0.267 e. The first kappa shape index (κ1) is 22.3. The van der Waals surface area contributed by atoms with E-state index in [-0.39, 0.29) is 18.0 Å². The molecule has 0 bridgehead atoms. The van der Waals surface area contributed by atoms with E-state index in [9.17, 15) is 14.0 Å². The summed E-state index contributed by atoms with van der Waals surface area (Å²) < 4.78 is 25.3. The summed E-state index contributed by atoms with van der Waals surface area (Å²) in [6, 6.07) is 14.7. The fourth-order valence-corrected chi connectivity index (χ4v) is 3.90. The Morgan fingerprint density at radius 1 is 0.970 bits per heavy atom. The van der Waals surface area contributed by atoms with E-state index in [0.717, 1.165) is 16.1 Å². The molecular weight excluding hydrogens is 427 g/mol. The molecule has 0 N–H and O–H groups in total. The van der Waals surface area contributed by atoms with E-state index in [0.29, 0.717) is 43.2 Å². The van der Waals surface area contributed by atoms with Crippen molar-refractivity contribution in [1.29, 1.82) is 0 Å². The summed E-state index contributed by atoms with van der Waals surface area (Å²) in [6.07, 6.45) is 0. The minimum absolute atomic E-state index is 0.176. The van der Waals surface area contributed by atoms with Crippen LogP contribution in [-0.2, 0) is 11.3 Å². The minimum Gasteiger partial charge on any atom is -0.496 e. The van der Waals surface area contributed by atoms with Gasteiger partial charge in [0.15, 0.2) is 0 Å². The predicted octanol–water partition coefficient (Wildman–Crippen LogP) is 2.42. The van der Waals surface area contributed by atoms with Crippen LogP contribution < -0.4 is 19.9 Å². The van der Waals surface area contributed by atoms with Crippen LogP contribution >= 0.6 is 0 Å². The Labute approximate surface area is 190 Å². The Morgan fingerprint density at radius 3 is 2.42 bits per heavy atom. The van der Waals surface area contributed by atoms with Crippen molar-refractivity contribution in [3.8, 4) is 22.8 Å². The van der Waals surface area contributed by atoms with Crippen molar-refractivity contribution in [3.05, 3.63) is 70.8 Å². The molecule has 0 unspecified atom stereocenters. The number of rotatable bonds is 6. The zero-order valence-corrected chi connectivity index (χ0v) is 18.5. The van der Waals surface area contributed by atoms with E-state index in [1.54, 1.807) is 12.0 Å². The fraction of sp³-hybridized carbons (Fsp3) is 0.292. The Kier molecular flexibility index (Phi) is 6.58. The standard InChI is InChI=1S/C24H25FN4O4/c1-32-21-6-4-3-5-20(21)27-11-13-28(14-12-27)24(31)16-29-23(30)10-9-19(26-29)18-8-7-17(25)15-22(18)33-2/h3-10,15H,11-14,16H2,1-2H3. The maximum atomic E-state index is 13.5. The molecule has 8 nitrogen and oxygen atoms in total. The molecule has 0 atom stereocenters. The number of para-hydroxylation sites is 2. The Balaban J connectivity index is 1.46. The molecule has 1 aliphatic heterocycles. The number of carbonyl (C=O) groups excluding carboxylic acids is 1. The molecule has 0 spiro atoms. The van der Waals surface area contributed by atoms with Crippen molar-refractivity contribution >= 4 is 11.6 Å². The second-order valence-electron chi connectivity index (χ2n) is 7.60. The first-order chi connectivity index (χ1) is 16.0. The van der Waals surface area contributed by atoms with Gasteiger partial charge in [0.2, 0.25) is 5.91 Å². The van der Waals surface area contributed by atoms with E-state index in [4.69, 9.17) is 9.47 Å². The van der Waals surface area contributed by atoms with Gasteiger partial charge in [0, 0.05) is 43.9 Å². The third kappa shape index (κ3) is 4.82. The van der Waals surface area contributed by atoms with Crippen LogP contribution in [0.2, 0.25) is 0 Å². The monoisotopic (exact) mass is 452 g/mol. The first-order valence-corrected chi connectivity index (χ1v) is 10.6. The molecule has 4 rings (SSSR count). The summed E-state index contributed by atoms with van der Waals surface area (Å²) in [7, 11) is 3.07. The molecule has 1 saturated heterocycles. The molecule has 0 aliphatic carbocycles. The van der Waals surface area contributed by atoms with Crippen molar-refractivity contribution < 1.29 is 18.7 Å².